The van der Waals surface area contributed by atoms with Crippen LogP contribution in [-0.4, -0.2) is 59.1 Å². The topological polar surface area (TPSA) is 43.8 Å². The Morgan fingerprint density at radius 1 is 1.62 bits per heavy atom. The first kappa shape index (κ1) is 13.2. The molecule has 0 aliphatic carbocycles. The van der Waals surface area contributed by atoms with Crippen LogP contribution in [0.25, 0.3) is 0 Å². The fraction of sp³-hybridized carbons (Fsp3) is 0.750. The lowest BCUT2D eigenvalue weighted by atomic mass is 9.94. The number of hydrogen-bond acceptors (Lipinski definition) is 3. The molecule has 0 aromatic carbocycles. The minimum atomic E-state index is -0.207. The fourth-order valence-electron chi connectivity index (χ4n) is 2.18. The van der Waals surface area contributed by atoms with Gasteiger partial charge < -0.3 is 10.0 Å². The zero-order valence-electron chi connectivity index (χ0n) is 10.4. The van der Waals surface area contributed by atoms with E-state index in [0.717, 1.165) is 6.54 Å². The van der Waals surface area contributed by atoms with Gasteiger partial charge in [0, 0.05) is 32.3 Å². The van der Waals surface area contributed by atoms with Crippen molar-refractivity contribution in [1.82, 2.24) is 9.80 Å². The maximum atomic E-state index is 12.2. The summed E-state index contributed by atoms with van der Waals surface area (Å²) in [5.41, 5.74) is -0.161. The molecule has 1 aliphatic rings. The van der Waals surface area contributed by atoms with Crippen molar-refractivity contribution in [3.63, 3.8) is 0 Å². The summed E-state index contributed by atoms with van der Waals surface area (Å²) in [6.45, 7) is 9.36. The Morgan fingerprint density at radius 3 is 2.75 bits per heavy atom. The smallest absolute Gasteiger partial charge is 0.240 e. The summed E-state index contributed by atoms with van der Waals surface area (Å²) in [5.74, 6) is 0.0900. The van der Waals surface area contributed by atoms with Gasteiger partial charge in [-0.2, -0.15) is 0 Å². The maximum Gasteiger partial charge on any atom is 0.240 e. The van der Waals surface area contributed by atoms with Crippen molar-refractivity contribution in [3.8, 4) is 0 Å². The van der Waals surface area contributed by atoms with Crippen molar-refractivity contribution in [2.75, 3.05) is 26.7 Å². The van der Waals surface area contributed by atoms with Gasteiger partial charge in [-0.1, -0.05) is 6.08 Å². The summed E-state index contributed by atoms with van der Waals surface area (Å²) in [6, 6.07) is -0.207. The molecule has 0 radical (unpaired) electrons. The monoisotopic (exact) mass is 226 g/mol. The number of piperazine rings is 1. The van der Waals surface area contributed by atoms with Crippen molar-refractivity contribution in [2.24, 2.45) is 0 Å². The van der Waals surface area contributed by atoms with Crippen LogP contribution in [0.3, 0.4) is 0 Å². The van der Waals surface area contributed by atoms with E-state index in [1.807, 2.05) is 7.05 Å². The van der Waals surface area contributed by atoms with E-state index in [-0.39, 0.29) is 24.1 Å². The lowest BCUT2D eigenvalue weighted by Gasteiger charge is -2.48. The number of amides is 1. The third-order valence-corrected chi connectivity index (χ3v) is 3.32. The third kappa shape index (κ3) is 2.44. The van der Waals surface area contributed by atoms with Crippen molar-refractivity contribution in [3.05, 3.63) is 12.7 Å². The zero-order valence-corrected chi connectivity index (χ0v) is 10.4. The highest BCUT2D eigenvalue weighted by Crippen LogP contribution is 2.25. The number of hydrogen-bond donors (Lipinski definition) is 1. The Morgan fingerprint density at radius 2 is 2.25 bits per heavy atom. The lowest BCUT2D eigenvalue weighted by molar-refractivity contribution is -0.149. The summed E-state index contributed by atoms with van der Waals surface area (Å²) in [6.07, 6.45) is 2.30. The molecule has 1 N–H and O–H groups in total. The van der Waals surface area contributed by atoms with E-state index in [2.05, 4.69) is 25.3 Å². The Bertz CT molecular complexity index is 276. The van der Waals surface area contributed by atoms with Crippen LogP contribution in [0.1, 0.15) is 20.3 Å². The van der Waals surface area contributed by atoms with E-state index >= 15 is 0 Å². The molecular weight excluding hydrogens is 204 g/mol. The normalized spacial score (nSPS) is 25.9. The molecular formula is C12H22N2O2. The number of carbonyl (C=O) groups is 1. The third-order valence-electron chi connectivity index (χ3n) is 3.32. The van der Waals surface area contributed by atoms with E-state index in [1.54, 1.807) is 11.0 Å². The maximum absolute atomic E-state index is 12.2. The minimum Gasteiger partial charge on any atom is -0.396 e. The Kier molecular flexibility index (Phi) is 4.10. The van der Waals surface area contributed by atoms with E-state index < -0.39 is 0 Å². The number of nitrogens with zero attached hydrogens (tertiary/aromatic N) is 2. The van der Waals surface area contributed by atoms with Crippen molar-refractivity contribution in [1.29, 1.82) is 0 Å². The van der Waals surface area contributed by atoms with Gasteiger partial charge >= 0.3 is 0 Å². The van der Waals surface area contributed by atoms with Crippen LogP contribution in [0.4, 0.5) is 0 Å². The van der Waals surface area contributed by atoms with Gasteiger partial charge in [-0.25, -0.2) is 0 Å². The second kappa shape index (κ2) is 4.97. The molecule has 4 nitrogen and oxygen atoms in total. The Labute approximate surface area is 97.5 Å². The van der Waals surface area contributed by atoms with Gasteiger partial charge in [-0.3, -0.25) is 9.69 Å². The van der Waals surface area contributed by atoms with Gasteiger partial charge in [-0.05, 0) is 20.3 Å². The van der Waals surface area contributed by atoms with Gasteiger partial charge in [0.1, 0.15) is 0 Å². The van der Waals surface area contributed by atoms with Crippen LogP contribution in [0.5, 0.6) is 0 Å². The standard InChI is InChI=1S/C12H22N2O2/c1-5-7-14-9-12(2,3)13(4)11(16)10(14)6-8-15/h5,10,15H,1,6-9H2,2-4H3. The van der Waals surface area contributed by atoms with E-state index in [4.69, 9.17) is 5.11 Å². The number of aliphatic hydroxyl groups excluding tert-OH is 1. The highest BCUT2D eigenvalue weighted by molar-refractivity contribution is 5.83. The van der Waals surface area contributed by atoms with Gasteiger partial charge in [-0.15, -0.1) is 6.58 Å². The van der Waals surface area contributed by atoms with Gasteiger partial charge in [0.05, 0.1) is 6.04 Å². The first-order valence-corrected chi connectivity index (χ1v) is 5.67. The summed E-state index contributed by atoms with van der Waals surface area (Å²) >= 11 is 0. The predicted octanol–water partition coefficient (Wildman–Crippen LogP) is 0.476. The number of likely N-dealkylation sites (N-methyl/N-ethyl adjacent to an activating group) is 1. The van der Waals surface area contributed by atoms with Gasteiger partial charge in [0.2, 0.25) is 5.91 Å². The van der Waals surface area contributed by atoms with Gasteiger partial charge in [0.15, 0.2) is 0 Å². The number of carbonyl (C=O) groups excluding carboxylic acids is 1. The zero-order chi connectivity index (χ0) is 12.3. The van der Waals surface area contributed by atoms with E-state index in [1.165, 1.54) is 0 Å². The molecule has 0 bridgehead atoms. The molecule has 16 heavy (non-hydrogen) atoms. The van der Waals surface area contributed by atoms with Crippen LogP contribution in [0.2, 0.25) is 0 Å². The fourth-order valence-corrected chi connectivity index (χ4v) is 2.18. The van der Waals surface area contributed by atoms with Crippen molar-refractivity contribution in [2.45, 2.75) is 31.8 Å². The molecule has 92 valence electrons. The SMILES string of the molecule is C=CCN1CC(C)(C)N(C)C(=O)C1CCO. The molecule has 1 saturated heterocycles. The Balaban J connectivity index is 2.88. The molecule has 1 unspecified atom stereocenters. The molecule has 1 amide bonds. The first-order chi connectivity index (χ1) is 7.44. The highest BCUT2D eigenvalue weighted by atomic mass is 16.3. The molecule has 1 rings (SSSR count). The molecule has 1 heterocycles. The van der Waals surface area contributed by atoms with Gasteiger partial charge in [0.25, 0.3) is 0 Å². The van der Waals surface area contributed by atoms with Crippen LogP contribution in [0.15, 0.2) is 12.7 Å². The molecule has 4 heteroatoms. The number of aliphatic hydroxyl groups is 1. The second-order valence-corrected chi connectivity index (χ2v) is 4.96. The molecule has 1 atom stereocenters. The van der Waals surface area contributed by atoms with E-state index in [9.17, 15) is 4.79 Å². The predicted molar refractivity (Wildman–Crippen MR) is 64.1 cm³/mol. The molecule has 0 aromatic rings. The largest absolute Gasteiger partial charge is 0.396 e. The van der Waals surface area contributed by atoms with Crippen molar-refractivity contribution >= 4 is 5.91 Å². The molecule has 0 aromatic heterocycles. The average Bonchev–Trinajstić information content (AvgIpc) is 2.21. The number of rotatable bonds is 4. The molecule has 0 saturated carbocycles. The molecule has 1 fully saturated rings. The summed E-state index contributed by atoms with van der Waals surface area (Å²) in [7, 11) is 1.83. The Hall–Kier alpha value is -0.870. The highest BCUT2D eigenvalue weighted by Gasteiger charge is 2.41. The van der Waals surface area contributed by atoms with E-state index in [0.29, 0.717) is 13.0 Å². The average molecular weight is 226 g/mol. The van der Waals surface area contributed by atoms with Crippen LogP contribution in [-0.2, 0) is 4.79 Å². The van der Waals surface area contributed by atoms with Crippen LogP contribution in [0, 0.1) is 0 Å². The second-order valence-electron chi connectivity index (χ2n) is 4.96. The van der Waals surface area contributed by atoms with Crippen LogP contribution < -0.4 is 0 Å². The first-order valence-electron chi connectivity index (χ1n) is 5.67. The summed E-state index contributed by atoms with van der Waals surface area (Å²) < 4.78 is 0. The minimum absolute atomic E-state index is 0.0400. The molecule has 1 aliphatic heterocycles. The summed E-state index contributed by atoms with van der Waals surface area (Å²) in [5, 5.41) is 9.02. The van der Waals surface area contributed by atoms with Crippen molar-refractivity contribution < 1.29 is 9.90 Å². The summed E-state index contributed by atoms with van der Waals surface area (Å²) in [4.78, 5) is 16.0. The lowest BCUT2D eigenvalue weighted by Crippen LogP contribution is -2.65. The quantitative estimate of drug-likeness (QED) is 0.709. The van der Waals surface area contributed by atoms with Crippen LogP contribution >= 0.6 is 0 Å². The molecule has 0 spiro atoms.